The molecule has 0 aliphatic heterocycles. The van der Waals surface area contributed by atoms with Crippen LogP contribution in [-0.2, 0) is 6.42 Å². The van der Waals surface area contributed by atoms with E-state index >= 15 is 0 Å². The Kier molecular flexibility index (Phi) is 4.87. The van der Waals surface area contributed by atoms with E-state index in [-0.39, 0.29) is 6.04 Å². The van der Waals surface area contributed by atoms with Gasteiger partial charge in [-0.2, -0.15) is 0 Å². The number of hydrogen-bond donors (Lipinski definition) is 1. The summed E-state index contributed by atoms with van der Waals surface area (Å²) in [6, 6.07) is 16.9. The lowest BCUT2D eigenvalue weighted by atomic mass is 10.00. The fourth-order valence-electron chi connectivity index (χ4n) is 1.84. The maximum Gasteiger partial charge on any atom is 0.0335 e. The topological polar surface area (TPSA) is 26.0 Å². The maximum atomic E-state index is 6.24. The minimum atomic E-state index is 0.0575. The zero-order valence-corrected chi connectivity index (χ0v) is 12.7. The molecule has 0 bridgehead atoms. The van der Waals surface area contributed by atoms with Gasteiger partial charge in [0, 0.05) is 15.4 Å². The third-order valence-electron chi connectivity index (χ3n) is 2.91. The van der Waals surface area contributed by atoms with Crippen molar-refractivity contribution in [3.8, 4) is 0 Å². The second-order valence-electron chi connectivity index (χ2n) is 4.21. The van der Waals surface area contributed by atoms with Gasteiger partial charge in [0.05, 0.1) is 0 Å². The van der Waals surface area contributed by atoms with Crippen molar-refractivity contribution in [2.45, 2.75) is 17.4 Å². The van der Waals surface area contributed by atoms with Crippen LogP contribution < -0.4 is 5.73 Å². The molecule has 94 valence electrons. The first-order valence-electron chi connectivity index (χ1n) is 5.83. The molecule has 2 aromatic rings. The zero-order chi connectivity index (χ0) is 13.0. The van der Waals surface area contributed by atoms with E-state index < -0.39 is 0 Å². The van der Waals surface area contributed by atoms with Crippen LogP contribution in [-0.4, -0.2) is 6.26 Å². The Labute approximate surface area is 121 Å². The summed E-state index contributed by atoms with van der Waals surface area (Å²) in [5, 5.41) is 0. The molecule has 1 atom stereocenters. The lowest BCUT2D eigenvalue weighted by Crippen LogP contribution is -2.13. The molecule has 0 spiro atoms. The van der Waals surface area contributed by atoms with Gasteiger partial charge in [0.25, 0.3) is 0 Å². The average Bonchev–Trinajstić information content (AvgIpc) is 2.41. The summed E-state index contributed by atoms with van der Waals surface area (Å²) >= 11 is 5.19. The van der Waals surface area contributed by atoms with Crippen LogP contribution in [0.2, 0.25) is 0 Å². The summed E-state index contributed by atoms with van der Waals surface area (Å²) in [6.07, 6.45) is 2.95. The highest BCUT2D eigenvalue weighted by atomic mass is 79.9. The molecule has 0 heterocycles. The van der Waals surface area contributed by atoms with Crippen molar-refractivity contribution in [3.63, 3.8) is 0 Å². The zero-order valence-electron chi connectivity index (χ0n) is 10.3. The van der Waals surface area contributed by atoms with Crippen LogP contribution in [0.4, 0.5) is 0 Å². The molecule has 0 saturated carbocycles. The van der Waals surface area contributed by atoms with E-state index in [0.717, 1.165) is 10.9 Å². The van der Waals surface area contributed by atoms with Crippen molar-refractivity contribution in [1.29, 1.82) is 0 Å². The number of thioether (sulfide) groups is 1. The molecule has 2 aromatic carbocycles. The Hall–Kier alpha value is -0.770. The SMILES string of the molecule is CSc1ccc(C(N)Cc2ccc(Br)cc2)cc1. The fraction of sp³-hybridized carbons (Fsp3) is 0.200. The Morgan fingerprint density at radius 2 is 1.67 bits per heavy atom. The minimum Gasteiger partial charge on any atom is -0.324 e. The lowest BCUT2D eigenvalue weighted by molar-refractivity contribution is 0.721. The second kappa shape index (κ2) is 6.41. The van der Waals surface area contributed by atoms with E-state index in [2.05, 4.69) is 70.7 Å². The van der Waals surface area contributed by atoms with Crippen LogP contribution in [0.25, 0.3) is 0 Å². The quantitative estimate of drug-likeness (QED) is 0.844. The lowest BCUT2D eigenvalue weighted by Gasteiger charge is -2.12. The summed E-state index contributed by atoms with van der Waals surface area (Å²) in [5.74, 6) is 0. The van der Waals surface area contributed by atoms with Crippen molar-refractivity contribution < 1.29 is 0 Å². The first kappa shape index (κ1) is 13.7. The van der Waals surface area contributed by atoms with Crippen molar-refractivity contribution in [2.24, 2.45) is 5.73 Å². The summed E-state index contributed by atoms with van der Waals surface area (Å²) < 4.78 is 1.10. The third-order valence-corrected chi connectivity index (χ3v) is 4.19. The number of benzene rings is 2. The number of rotatable bonds is 4. The van der Waals surface area contributed by atoms with Gasteiger partial charge in [0.1, 0.15) is 0 Å². The van der Waals surface area contributed by atoms with Gasteiger partial charge >= 0.3 is 0 Å². The van der Waals surface area contributed by atoms with Crippen LogP contribution in [0, 0.1) is 0 Å². The molecule has 3 heteroatoms. The predicted molar refractivity (Wildman–Crippen MR) is 83.0 cm³/mol. The Balaban J connectivity index is 2.06. The molecule has 0 aromatic heterocycles. The van der Waals surface area contributed by atoms with Crippen LogP contribution in [0.5, 0.6) is 0 Å². The highest BCUT2D eigenvalue weighted by molar-refractivity contribution is 9.10. The predicted octanol–water partition coefficient (Wildman–Crippen LogP) is 4.41. The first-order valence-corrected chi connectivity index (χ1v) is 7.85. The largest absolute Gasteiger partial charge is 0.324 e. The normalized spacial score (nSPS) is 12.4. The molecule has 2 rings (SSSR count). The van der Waals surface area contributed by atoms with Gasteiger partial charge in [-0.25, -0.2) is 0 Å². The monoisotopic (exact) mass is 321 g/mol. The standard InChI is InChI=1S/C15H16BrNS/c1-18-14-8-4-12(5-9-14)15(17)10-11-2-6-13(16)7-3-11/h2-9,15H,10,17H2,1H3. The highest BCUT2D eigenvalue weighted by Crippen LogP contribution is 2.21. The van der Waals surface area contributed by atoms with Crippen molar-refractivity contribution in [1.82, 2.24) is 0 Å². The van der Waals surface area contributed by atoms with Gasteiger partial charge in [0.2, 0.25) is 0 Å². The van der Waals surface area contributed by atoms with Crippen molar-refractivity contribution in [3.05, 3.63) is 64.1 Å². The molecule has 0 amide bonds. The third kappa shape index (κ3) is 3.61. The number of halogens is 1. The van der Waals surface area contributed by atoms with Gasteiger partial charge in [-0.3, -0.25) is 0 Å². The molecular formula is C15H16BrNS. The van der Waals surface area contributed by atoms with Crippen molar-refractivity contribution >= 4 is 27.7 Å². The van der Waals surface area contributed by atoms with Crippen LogP contribution in [0.3, 0.4) is 0 Å². The molecule has 1 unspecified atom stereocenters. The van der Waals surface area contributed by atoms with Gasteiger partial charge in [-0.15, -0.1) is 11.8 Å². The molecule has 0 fully saturated rings. The Morgan fingerprint density at radius 3 is 2.22 bits per heavy atom. The minimum absolute atomic E-state index is 0.0575. The molecule has 0 aliphatic rings. The molecule has 2 N–H and O–H groups in total. The molecule has 18 heavy (non-hydrogen) atoms. The number of hydrogen-bond acceptors (Lipinski definition) is 2. The van der Waals surface area contributed by atoms with Gasteiger partial charge in [-0.1, -0.05) is 40.2 Å². The molecule has 0 saturated heterocycles. The molecule has 1 nitrogen and oxygen atoms in total. The summed E-state index contributed by atoms with van der Waals surface area (Å²) in [7, 11) is 0. The van der Waals surface area contributed by atoms with E-state index in [1.165, 1.54) is 16.0 Å². The van der Waals surface area contributed by atoms with Crippen molar-refractivity contribution in [2.75, 3.05) is 6.26 Å². The van der Waals surface area contributed by atoms with E-state index in [4.69, 9.17) is 5.73 Å². The van der Waals surface area contributed by atoms with E-state index in [9.17, 15) is 0 Å². The Bertz CT molecular complexity index is 493. The van der Waals surface area contributed by atoms with Crippen LogP contribution >= 0.6 is 27.7 Å². The number of nitrogens with two attached hydrogens (primary N) is 1. The average molecular weight is 322 g/mol. The van der Waals surface area contributed by atoms with Gasteiger partial charge in [0.15, 0.2) is 0 Å². The molecule has 0 aliphatic carbocycles. The van der Waals surface area contributed by atoms with Crippen LogP contribution in [0.15, 0.2) is 57.9 Å². The van der Waals surface area contributed by atoms with E-state index in [0.29, 0.717) is 0 Å². The second-order valence-corrected chi connectivity index (χ2v) is 6.01. The Morgan fingerprint density at radius 1 is 1.06 bits per heavy atom. The van der Waals surface area contributed by atoms with Gasteiger partial charge in [-0.05, 0) is 48.1 Å². The van der Waals surface area contributed by atoms with Gasteiger partial charge < -0.3 is 5.73 Å². The maximum absolute atomic E-state index is 6.24. The summed E-state index contributed by atoms with van der Waals surface area (Å²) in [6.45, 7) is 0. The molecule has 0 radical (unpaired) electrons. The van der Waals surface area contributed by atoms with Crippen LogP contribution in [0.1, 0.15) is 17.2 Å². The fourth-order valence-corrected chi connectivity index (χ4v) is 2.52. The van der Waals surface area contributed by atoms with E-state index in [1.54, 1.807) is 11.8 Å². The summed E-state index contributed by atoms with van der Waals surface area (Å²) in [5.41, 5.74) is 8.69. The highest BCUT2D eigenvalue weighted by Gasteiger charge is 2.07. The van der Waals surface area contributed by atoms with E-state index in [1.807, 2.05) is 0 Å². The smallest absolute Gasteiger partial charge is 0.0335 e. The summed E-state index contributed by atoms with van der Waals surface area (Å²) in [4.78, 5) is 1.27. The molecular weight excluding hydrogens is 306 g/mol. The first-order chi connectivity index (χ1) is 8.69.